The van der Waals surface area contributed by atoms with E-state index >= 15 is 0 Å². The van der Waals surface area contributed by atoms with Crippen LogP contribution in [0, 0.1) is 0 Å². The fourth-order valence-electron chi connectivity index (χ4n) is 3.32. The summed E-state index contributed by atoms with van der Waals surface area (Å²) in [6.45, 7) is 6.26. The Morgan fingerprint density at radius 3 is 2.61 bits per heavy atom. The van der Waals surface area contributed by atoms with Gasteiger partial charge in [0.1, 0.15) is 0 Å². The van der Waals surface area contributed by atoms with Crippen LogP contribution in [-0.2, 0) is 4.79 Å². The fraction of sp³-hybridized carbons (Fsp3) is 0.632. The molecule has 1 saturated carbocycles. The van der Waals surface area contributed by atoms with E-state index in [9.17, 15) is 9.90 Å². The van der Waals surface area contributed by atoms with Crippen molar-refractivity contribution >= 4 is 11.6 Å². The molecule has 0 radical (unpaired) electrons. The van der Waals surface area contributed by atoms with Gasteiger partial charge < -0.3 is 15.7 Å². The SMILES string of the molecule is CC(CC(=O)Nc1ccccc1C(C)C)NC1CCCCC1O. The number of carbonyl (C=O) groups excluding carboxylic acids is 1. The summed E-state index contributed by atoms with van der Waals surface area (Å²) < 4.78 is 0. The highest BCUT2D eigenvalue weighted by atomic mass is 16.3. The van der Waals surface area contributed by atoms with Gasteiger partial charge in [-0.1, -0.05) is 44.9 Å². The summed E-state index contributed by atoms with van der Waals surface area (Å²) in [4.78, 5) is 12.3. The highest BCUT2D eigenvalue weighted by Gasteiger charge is 2.24. The molecule has 1 aliphatic carbocycles. The molecule has 0 aromatic heterocycles. The molecule has 1 amide bonds. The third-order valence-corrected chi connectivity index (χ3v) is 4.58. The van der Waals surface area contributed by atoms with Crippen molar-refractivity contribution in [3.05, 3.63) is 29.8 Å². The van der Waals surface area contributed by atoms with E-state index in [2.05, 4.69) is 30.5 Å². The molecule has 2 rings (SSSR count). The van der Waals surface area contributed by atoms with Gasteiger partial charge >= 0.3 is 0 Å². The largest absolute Gasteiger partial charge is 0.392 e. The van der Waals surface area contributed by atoms with Gasteiger partial charge in [0.15, 0.2) is 0 Å². The maximum atomic E-state index is 12.3. The highest BCUT2D eigenvalue weighted by molar-refractivity contribution is 5.92. The lowest BCUT2D eigenvalue weighted by Crippen LogP contribution is -2.47. The van der Waals surface area contributed by atoms with Crippen LogP contribution in [0.5, 0.6) is 0 Å². The normalized spacial score (nSPS) is 22.8. The van der Waals surface area contributed by atoms with E-state index in [0.717, 1.165) is 36.9 Å². The first-order valence-corrected chi connectivity index (χ1v) is 8.80. The van der Waals surface area contributed by atoms with Gasteiger partial charge in [-0.2, -0.15) is 0 Å². The third kappa shape index (κ3) is 5.33. The van der Waals surface area contributed by atoms with Crippen LogP contribution in [-0.4, -0.2) is 29.2 Å². The van der Waals surface area contributed by atoms with Crippen molar-refractivity contribution in [2.75, 3.05) is 5.32 Å². The number of hydrogen-bond acceptors (Lipinski definition) is 3. The maximum absolute atomic E-state index is 12.3. The quantitative estimate of drug-likeness (QED) is 0.753. The standard InChI is InChI=1S/C19H30N2O2/c1-13(2)15-8-4-5-9-16(15)21-19(23)12-14(3)20-17-10-6-7-11-18(17)22/h4-5,8-9,13-14,17-18,20,22H,6-7,10-12H2,1-3H3,(H,21,23). The van der Waals surface area contributed by atoms with Gasteiger partial charge in [-0.3, -0.25) is 4.79 Å². The number of hydrogen-bond donors (Lipinski definition) is 3. The Bertz CT molecular complexity index is 516. The second kappa shape index (κ2) is 8.46. The van der Waals surface area contributed by atoms with Crippen LogP contribution in [0.25, 0.3) is 0 Å². The summed E-state index contributed by atoms with van der Waals surface area (Å²) >= 11 is 0. The van der Waals surface area contributed by atoms with Crippen molar-refractivity contribution in [2.24, 2.45) is 0 Å². The molecule has 1 aliphatic rings. The van der Waals surface area contributed by atoms with Gasteiger partial charge in [0, 0.05) is 24.2 Å². The second-order valence-electron chi connectivity index (χ2n) is 7.02. The molecule has 3 atom stereocenters. The van der Waals surface area contributed by atoms with Crippen LogP contribution < -0.4 is 10.6 Å². The lowest BCUT2D eigenvalue weighted by atomic mass is 9.92. The fourth-order valence-corrected chi connectivity index (χ4v) is 3.32. The molecule has 1 aromatic rings. The zero-order valence-electron chi connectivity index (χ0n) is 14.5. The van der Waals surface area contributed by atoms with E-state index in [1.54, 1.807) is 0 Å². The Morgan fingerprint density at radius 2 is 1.91 bits per heavy atom. The molecule has 0 saturated heterocycles. The molecule has 4 nitrogen and oxygen atoms in total. The minimum atomic E-state index is -0.282. The maximum Gasteiger partial charge on any atom is 0.225 e. The van der Waals surface area contributed by atoms with Gasteiger partial charge in [0.2, 0.25) is 5.91 Å². The summed E-state index contributed by atoms with van der Waals surface area (Å²) in [7, 11) is 0. The van der Waals surface area contributed by atoms with Crippen molar-refractivity contribution in [1.29, 1.82) is 0 Å². The van der Waals surface area contributed by atoms with Crippen LogP contribution in [0.1, 0.15) is 64.4 Å². The van der Waals surface area contributed by atoms with Gasteiger partial charge in [-0.25, -0.2) is 0 Å². The number of rotatable bonds is 6. The molecular formula is C19H30N2O2. The number of amides is 1. The van der Waals surface area contributed by atoms with E-state index in [1.165, 1.54) is 0 Å². The first kappa shape index (κ1) is 18.0. The van der Waals surface area contributed by atoms with Crippen molar-refractivity contribution in [3.63, 3.8) is 0 Å². The minimum absolute atomic E-state index is 0.0170. The van der Waals surface area contributed by atoms with E-state index in [0.29, 0.717) is 12.3 Å². The average Bonchev–Trinajstić information content (AvgIpc) is 2.49. The molecule has 0 heterocycles. The topological polar surface area (TPSA) is 61.4 Å². The Labute approximate surface area is 139 Å². The van der Waals surface area contributed by atoms with Crippen molar-refractivity contribution in [1.82, 2.24) is 5.32 Å². The molecule has 128 valence electrons. The Hall–Kier alpha value is -1.39. The molecule has 0 aliphatic heterocycles. The predicted molar refractivity (Wildman–Crippen MR) is 94.6 cm³/mol. The summed E-state index contributed by atoms with van der Waals surface area (Å²) in [6.07, 6.45) is 4.23. The van der Waals surface area contributed by atoms with Crippen LogP contribution in [0.15, 0.2) is 24.3 Å². The number of para-hydroxylation sites is 1. The number of aliphatic hydroxyl groups is 1. The second-order valence-corrected chi connectivity index (χ2v) is 7.02. The Balaban J connectivity index is 1.87. The van der Waals surface area contributed by atoms with Crippen molar-refractivity contribution < 1.29 is 9.90 Å². The Kier molecular flexibility index (Phi) is 6.60. The highest BCUT2D eigenvalue weighted by Crippen LogP contribution is 2.24. The zero-order chi connectivity index (χ0) is 16.8. The van der Waals surface area contributed by atoms with E-state index in [1.807, 2.05) is 25.1 Å². The van der Waals surface area contributed by atoms with Crippen LogP contribution >= 0.6 is 0 Å². The molecule has 0 spiro atoms. The molecule has 3 N–H and O–H groups in total. The summed E-state index contributed by atoms with van der Waals surface area (Å²) in [6, 6.07) is 8.13. The van der Waals surface area contributed by atoms with Gasteiger partial charge in [-0.05, 0) is 37.3 Å². The van der Waals surface area contributed by atoms with Crippen molar-refractivity contribution in [2.45, 2.75) is 77.0 Å². The van der Waals surface area contributed by atoms with Crippen LogP contribution in [0.2, 0.25) is 0 Å². The zero-order valence-corrected chi connectivity index (χ0v) is 14.5. The summed E-state index contributed by atoms with van der Waals surface area (Å²) in [5, 5.41) is 16.5. The lowest BCUT2D eigenvalue weighted by molar-refractivity contribution is -0.116. The smallest absolute Gasteiger partial charge is 0.225 e. The number of nitrogens with one attached hydrogen (secondary N) is 2. The molecule has 23 heavy (non-hydrogen) atoms. The number of aliphatic hydroxyl groups excluding tert-OH is 1. The molecule has 0 bridgehead atoms. The molecule has 3 unspecified atom stereocenters. The summed E-state index contributed by atoms with van der Waals surface area (Å²) in [5.74, 6) is 0.392. The Morgan fingerprint density at radius 1 is 1.22 bits per heavy atom. The minimum Gasteiger partial charge on any atom is -0.392 e. The number of anilines is 1. The first-order valence-electron chi connectivity index (χ1n) is 8.80. The predicted octanol–water partition coefficient (Wildman–Crippen LogP) is 3.42. The lowest BCUT2D eigenvalue weighted by Gasteiger charge is -2.31. The monoisotopic (exact) mass is 318 g/mol. The van der Waals surface area contributed by atoms with E-state index < -0.39 is 0 Å². The van der Waals surface area contributed by atoms with Crippen LogP contribution in [0.3, 0.4) is 0 Å². The molecule has 1 fully saturated rings. The van der Waals surface area contributed by atoms with Crippen LogP contribution in [0.4, 0.5) is 5.69 Å². The van der Waals surface area contributed by atoms with Gasteiger partial charge in [-0.15, -0.1) is 0 Å². The van der Waals surface area contributed by atoms with E-state index in [4.69, 9.17) is 0 Å². The van der Waals surface area contributed by atoms with Crippen molar-refractivity contribution in [3.8, 4) is 0 Å². The molecule has 1 aromatic carbocycles. The van der Waals surface area contributed by atoms with Gasteiger partial charge in [0.25, 0.3) is 0 Å². The first-order chi connectivity index (χ1) is 11.0. The average molecular weight is 318 g/mol. The number of carbonyl (C=O) groups is 1. The third-order valence-electron chi connectivity index (χ3n) is 4.58. The molecule has 4 heteroatoms. The number of benzene rings is 1. The summed E-state index contributed by atoms with van der Waals surface area (Å²) in [5.41, 5.74) is 2.06. The van der Waals surface area contributed by atoms with Gasteiger partial charge in [0.05, 0.1) is 6.10 Å². The molecular weight excluding hydrogens is 288 g/mol. The van der Waals surface area contributed by atoms with E-state index in [-0.39, 0.29) is 24.1 Å².